The van der Waals surface area contributed by atoms with Crippen LogP contribution in [0.2, 0.25) is 0 Å². The third kappa shape index (κ3) is 12.9. The van der Waals surface area contributed by atoms with Crippen molar-refractivity contribution in [3.05, 3.63) is 23.8 Å². The van der Waals surface area contributed by atoms with E-state index in [4.69, 9.17) is 28.4 Å². The van der Waals surface area contributed by atoms with Crippen LogP contribution in [0.1, 0.15) is 141 Å². The van der Waals surface area contributed by atoms with Crippen molar-refractivity contribution in [2.75, 3.05) is 26.9 Å². The van der Waals surface area contributed by atoms with Gasteiger partial charge in [0.25, 0.3) is 5.91 Å². The molecule has 9 heteroatoms. The summed E-state index contributed by atoms with van der Waals surface area (Å²) in [4.78, 5) is 13.5. The van der Waals surface area contributed by atoms with E-state index in [1.54, 1.807) is 26.0 Å². The molecule has 1 amide bonds. The molecule has 9 nitrogen and oxygen atoms in total. The number of carbonyl (C=O) groups is 1. The van der Waals surface area contributed by atoms with Crippen molar-refractivity contribution in [3.63, 3.8) is 0 Å². The highest BCUT2D eigenvalue weighted by atomic mass is 16.8. The molecule has 1 aromatic carbocycles. The average Bonchev–Trinajstić information content (AvgIpc) is 3.04. The normalized spacial score (nSPS) is 23.9. The predicted molar refractivity (Wildman–Crippen MR) is 180 cm³/mol. The summed E-state index contributed by atoms with van der Waals surface area (Å²) in [5.74, 6) is -0.0267. The Labute approximate surface area is 278 Å². The topological polar surface area (TPSA) is 105 Å². The molecule has 2 heterocycles. The van der Waals surface area contributed by atoms with Crippen LogP contribution in [0.25, 0.3) is 0 Å². The molecule has 0 aromatic heterocycles. The van der Waals surface area contributed by atoms with Gasteiger partial charge in [-0.2, -0.15) is 0 Å². The van der Waals surface area contributed by atoms with Gasteiger partial charge in [-0.25, -0.2) is 0 Å². The van der Waals surface area contributed by atoms with Crippen LogP contribution in [0.3, 0.4) is 0 Å². The van der Waals surface area contributed by atoms with Gasteiger partial charge in [-0.3, -0.25) is 4.79 Å². The molecule has 2 aliphatic rings. The number of hydrogen-bond acceptors (Lipinski definition) is 8. The summed E-state index contributed by atoms with van der Waals surface area (Å²) in [5.41, 5.74) is 0.405. The van der Waals surface area contributed by atoms with Crippen LogP contribution in [-0.2, 0) is 18.9 Å². The van der Waals surface area contributed by atoms with Crippen LogP contribution < -0.4 is 14.8 Å². The molecular weight excluding hydrogens is 586 g/mol. The van der Waals surface area contributed by atoms with Gasteiger partial charge >= 0.3 is 0 Å². The van der Waals surface area contributed by atoms with E-state index in [1.807, 2.05) is 6.07 Å². The summed E-state index contributed by atoms with van der Waals surface area (Å²) in [6.45, 7) is 9.50. The van der Waals surface area contributed by atoms with Crippen LogP contribution >= 0.6 is 0 Å². The van der Waals surface area contributed by atoms with Gasteiger partial charge in [0.1, 0.15) is 24.4 Å². The molecule has 1 aromatic rings. The fraction of sp³-hybridized carbons (Fsp3) is 0.811. The second-order valence-electron chi connectivity index (χ2n) is 13.4. The van der Waals surface area contributed by atoms with Gasteiger partial charge in [0.05, 0.1) is 19.8 Å². The highest BCUT2D eigenvalue weighted by Crippen LogP contribution is 2.33. The molecule has 264 valence electrons. The monoisotopic (exact) mass is 649 g/mol. The third-order valence-electron chi connectivity index (χ3n) is 8.94. The molecule has 0 spiro atoms. The second kappa shape index (κ2) is 21.1. The maximum Gasteiger partial charge on any atom is 0.251 e. The van der Waals surface area contributed by atoms with Crippen molar-refractivity contribution >= 4 is 5.91 Å². The molecule has 2 fully saturated rings. The quantitative estimate of drug-likeness (QED) is 0.116. The lowest BCUT2D eigenvalue weighted by Gasteiger charge is -2.49. The molecular formula is C37H63NO8. The molecule has 3 rings (SSSR count). The maximum absolute atomic E-state index is 13.5. The van der Waals surface area contributed by atoms with E-state index in [2.05, 4.69) is 19.2 Å². The van der Waals surface area contributed by atoms with Crippen molar-refractivity contribution < 1.29 is 38.3 Å². The lowest BCUT2D eigenvalue weighted by molar-refractivity contribution is -0.366. The Morgan fingerprint density at radius 3 is 1.96 bits per heavy atom. The third-order valence-corrected chi connectivity index (χ3v) is 8.94. The van der Waals surface area contributed by atoms with E-state index in [0.717, 1.165) is 25.7 Å². The molecule has 5 atom stereocenters. The minimum atomic E-state index is -1.05. The predicted octanol–water partition coefficient (Wildman–Crippen LogP) is 7.71. The number of carbonyl (C=O) groups excluding carboxylic acids is 1. The van der Waals surface area contributed by atoms with Crippen molar-refractivity contribution in [1.29, 1.82) is 0 Å². The van der Waals surface area contributed by atoms with E-state index in [-0.39, 0.29) is 12.5 Å². The summed E-state index contributed by atoms with van der Waals surface area (Å²) in [7, 11) is 1.49. The van der Waals surface area contributed by atoms with E-state index >= 15 is 0 Å². The first-order chi connectivity index (χ1) is 22.3. The summed E-state index contributed by atoms with van der Waals surface area (Å²) < 4.78 is 35.6. The molecule has 0 unspecified atom stereocenters. The van der Waals surface area contributed by atoms with Crippen molar-refractivity contribution in [2.24, 2.45) is 0 Å². The molecule has 2 saturated heterocycles. The van der Waals surface area contributed by atoms with Crippen LogP contribution in [0.15, 0.2) is 18.2 Å². The van der Waals surface area contributed by atoms with Crippen LogP contribution in [0.5, 0.6) is 11.5 Å². The highest BCUT2D eigenvalue weighted by Gasteiger charge is 2.51. The van der Waals surface area contributed by atoms with Gasteiger partial charge < -0.3 is 38.8 Å². The average molecular weight is 650 g/mol. The highest BCUT2D eigenvalue weighted by molar-refractivity contribution is 5.95. The first-order valence-electron chi connectivity index (χ1n) is 18.2. The van der Waals surface area contributed by atoms with Gasteiger partial charge in [0, 0.05) is 12.7 Å². The largest absolute Gasteiger partial charge is 0.490 e. The summed E-state index contributed by atoms with van der Waals surface area (Å²) in [6, 6.07) is 4.44. The fourth-order valence-electron chi connectivity index (χ4n) is 6.15. The number of aliphatic hydroxyl groups is 1. The zero-order chi connectivity index (χ0) is 33.2. The second-order valence-corrected chi connectivity index (χ2v) is 13.4. The molecule has 46 heavy (non-hydrogen) atoms. The number of rotatable bonds is 23. The summed E-state index contributed by atoms with van der Waals surface area (Å²) in [5, 5.41) is 14.2. The standard InChI is InChI=1S/C37H63NO8/c1-6-8-10-12-14-16-18-20-24-42-29-23-22-28(26-30(29)43-25-21-19-17-15-13-11-9-7-2)35(40)38-32-33(39)34-31(45-36(32)41-5)27-44-37(3,4)46-34/h22-23,26,31-34,36,39H,6-21,24-25,27H2,1-5H3,(H,38,40)/t31-,32-,33-,34-,36+/m1/s1. The molecule has 0 aliphatic carbocycles. The number of aliphatic hydroxyl groups excluding tert-OH is 1. The van der Waals surface area contributed by atoms with E-state index in [1.165, 1.54) is 84.2 Å². The molecule has 2 aliphatic heterocycles. The van der Waals surface area contributed by atoms with Crippen LogP contribution in [0.4, 0.5) is 0 Å². The summed E-state index contributed by atoms with van der Waals surface area (Å²) in [6.07, 6.45) is 16.5. The van der Waals surface area contributed by atoms with Crippen LogP contribution in [-0.4, -0.2) is 74.4 Å². The minimum Gasteiger partial charge on any atom is -0.490 e. The lowest BCUT2D eigenvalue weighted by Crippen LogP contribution is -2.68. The Kier molecular flexibility index (Phi) is 17.7. The maximum atomic E-state index is 13.5. The Bertz CT molecular complexity index is 988. The fourth-order valence-corrected chi connectivity index (χ4v) is 6.15. The van der Waals surface area contributed by atoms with Gasteiger partial charge in [-0.1, -0.05) is 104 Å². The van der Waals surface area contributed by atoms with E-state index in [9.17, 15) is 9.90 Å². The number of fused-ring (bicyclic) bond motifs is 1. The number of amides is 1. The smallest absolute Gasteiger partial charge is 0.251 e. The van der Waals surface area contributed by atoms with Gasteiger partial charge in [-0.05, 0) is 44.9 Å². The zero-order valence-corrected chi connectivity index (χ0v) is 29.4. The Morgan fingerprint density at radius 2 is 1.39 bits per heavy atom. The first kappa shape index (κ1) is 38.5. The number of benzene rings is 1. The van der Waals surface area contributed by atoms with Crippen molar-refractivity contribution in [3.8, 4) is 11.5 Å². The molecule has 2 N–H and O–H groups in total. The molecule has 0 bridgehead atoms. The lowest BCUT2D eigenvalue weighted by atomic mass is 9.95. The Hall–Kier alpha value is -1.91. The number of ether oxygens (including phenoxy) is 6. The Morgan fingerprint density at radius 1 is 0.848 bits per heavy atom. The van der Waals surface area contributed by atoms with Crippen molar-refractivity contribution in [2.45, 2.75) is 167 Å². The van der Waals surface area contributed by atoms with E-state index in [0.29, 0.717) is 30.3 Å². The number of unbranched alkanes of at least 4 members (excludes halogenated alkanes) is 14. The Balaban J connectivity index is 1.59. The number of nitrogens with one attached hydrogen (secondary N) is 1. The molecule has 0 radical (unpaired) electrons. The first-order valence-corrected chi connectivity index (χ1v) is 18.2. The minimum absolute atomic E-state index is 0.259. The number of methoxy groups -OCH3 is 1. The van der Waals surface area contributed by atoms with Gasteiger partial charge in [0.2, 0.25) is 0 Å². The SMILES string of the molecule is CCCCCCCCCCOc1ccc(C(=O)N[C@H]2[C@@H](OC)O[C@@H]3COC(C)(C)O[C@H]3[C@@H]2O)cc1OCCCCCCCCCC. The number of hydrogen-bond donors (Lipinski definition) is 2. The van der Waals surface area contributed by atoms with Gasteiger partial charge in [-0.15, -0.1) is 0 Å². The van der Waals surface area contributed by atoms with E-state index < -0.39 is 36.4 Å². The van der Waals surface area contributed by atoms with Crippen molar-refractivity contribution in [1.82, 2.24) is 5.32 Å². The summed E-state index contributed by atoms with van der Waals surface area (Å²) >= 11 is 0. The zero-order valence-electron chi connectivity index (χ0n) is 29.4. The van der Waals surface area contributed by atoms with Crippen LogP contribution in [0, 0.1) is 0 Å². The van der Waals surface area contributed by atoms with Gasteiger partial charge in [0.15, 0.2) is 23.6 Å². The molecule has 0 saturated carbocycles.